The Morgan fingerprint density at radius 3 is 2.51 bits per heavy atom. The van der Waals surface area contributed by atoms with Crippen molar-refractivity contribution >= 4 is 57.8 Å². The van der Waals surface area contributed by atoms with Gasteiger partial charge in [0.2, 0.25) is 5.91 Å². The lowest BCUT2D eigenvalue weighted by Crippen LogP contribution is -2.58. The molecule has 3 aliphatic heterocycles. The number of nitrogens with zero attached hydrogens (tertiary/aromatic N) is 8. The molecule has 6 heterocycles. The third kappa shape index (κ3) is 8.92. The van der Waals surface area contributed by atoms with Gasteiger partial charge in [-0.15, -0.1) is 0 Å². The predicted molar refractivity (Wildman–Crippen MR) is 269 cm³/mol. The largest absolute Gasteiger partial charge is 0.392 e. The van der Waals surface area contributed by atoms with Crippen LogP contribution in [0.25, 0.3) is 11.3 Å². The van der Waals surface area contributed by atoms with Crippen LogP contribution >= 0.6 is 11.6 Å². The zero-order chi connectivity index (χ0) is 48.4. The van der Waals surface area contributed by atoms with Gasteiger partial charge in [-0.25, -0.2) is 9.97 Å². The Bertz CT molecular complexity index is 2870. The first-order valence-electron chi connectivity index (χ1n) is 23.7. The number of benzene rings is 2. The van der Waals surface area contributed by atoms with E-state index in [0.717, 1.165) is 68.8 Å². The van der Waals surface area contributed by atoms with Gasteiger partial charge in [0.05, 0.1) is 29.3 Å². The molecule has 9 rings (SSSR count). The zero-order valence-corrected chi connectivity index (χ0v) is 40.9. The van der Waals surface area contributed by atoms with Crippen LogP contribution in [0.3, 0.4) is 0 Å². The van der Waals surface area contributed by atoms with Crippen molar-refractivity contribution in [2.45, 2.75) is 104 Å². The smallest absolute Gasteiger partial charge is 0.293 e. The monoisotopic (exact) mass is 942 g/mol. The van der Waals surface area contributed by atoms with Gasteiger partial charge in [-0.3, -0.25) is 24.2 Å². The number of hydrogen-bond acceptors (Lipinski definition) is 11. The molecule has 16 heteroatoms. The maximum absolute atomic E-state index is 14.1. The minimum absolute atomic E-state index is 0.0429. The molecular weight excluding hydrogens is 880 g/mol. The lowest BCUT2D eigenvalue weighted by Gasteiger charge is -2.48. The van der Waals surface area contributed by atoms with Crippen LogP contribution < -0.4 is 30.9 Å². The summed E-state index contributed by atoms with van der Waals surface area (Å²) in [5, 5.41) is 28.4. The van der Waals surface area contributed by atoms with Crippen molar-refractivity contribution in [3.05, 3.63) is 117 Å². The Morgan fingerprint density at radius 1 is 1.00 bits per heavy atom. The molecule has 2 fully saturated rings. The number of piperazine rings is 1. The average Bonchev–Trinajstić information content (AvgIpc) is 3.79. The van der Waals surface area contributed by atoms with Crippen molar-refractivity contribution in [3.8, 4) is 11.3 Å². The van der Waals surface area contributed by atoms with Gasteiger partial charge in [0.1, 0.15) is 11.5 Å². The number of aliphatic hydroxyl groups excluding tert-OH is 1. The van der Waals surface area contributed by atoms with Crippen LogP contribution in [0.5, 0.6) is 0 Å². The summed E-state index contributed by atoms with van der Waals surface area (Å²) in [5.74, 6) is -0.124. The highest BCUT2D eigenvalue weighted by molar-refractivity contribution is 6.31. The van der Waals surface area contributed by atoms with Gasteiger partial charge in [-0.2, -0.15) is 0 Å². The van der Waals surface area contributed by atoms with Crippen molar-refractivity contribution in [1.29, 1.82) is 0 Å². The second kappa shape index (κ2) is 18.1. The van der Waals surface area contributed by atoms with Crippen LogP contribution in [-0.4, -0.2) is 96.9 Å². The Morgan fingerprint density at radius 2 is 1.79 bits per heavy atom. The lowest BCUT2D eigenvalue weighted by atomic mass is 9.90. The Kier molecular flexibility index (Phi) is 12.6. The molecule has 0 saturated carbocycles. The minimum atomic E-state index is -1.04. The fourth-order valence-electron chi connectivity index (χ4n) is 11.0. The van der Waals surface area contributed by atoms with Crippen LogP contribution in [0, 0.1) is 5.41 Å². The highest BCUT2D eigenvalue weighted by atomic mass is 35.5. The summed E-state index contributed by atoms with van der Waals surface area (Å²) < 4.78 is 3.57. The van der Waals surface area contributed by atoms with Crippen molar-refractivity contribution in [3.63, 3.8) is 0 Å². The number of piperidine rings is 1. The Hall–Kier alpha value is -6.00. The number of carbonyl (C=O) groups excluding carboxylic acids is 2. The van der Waals surface area contributed by atoms with E-state index in [1.807, 2.05) is 36.4 Å². The molecule has 15 nitrogen and oxygen atoms in total. The second-order valence-corrected chi connectivity index (χ2v) is 20.8. The molecular formula is C52H63ClN10O5. The van der Waals surface area contributed by atoms with E-state index in [2.05, 4.69) is 69.2 Å². The van der Waals surface area contributed by atoms with Crippen molar-refractivity contribution in [2.24, 2.45) is 12.5 Å². The fraction of sp³-hybridized carbons (Fsp3) is 0.442. The second-order valence-electron chi connectivity index (χ2n) is 20.4. The first-order chi connectivity index (χ1) is 32.3. The maximum Gasteiger partial charge on any atom is 0.293 e. The minimum Gasteiger partial charge on any atom is -0.392 e. The van der Waals surface area contributed by atoms with E-state index in [1.165, 1.54) is 21.9 Å². The molecule has 3 atom stereocenters. The Balaban J connectivity index is 0.922. The van der Waals surface area contributed by atoms with Gasteiger partial charge in [0.25, 0.3) is 11.5 Å². The SMILES string of the molecule is C=CC(=O)Nc1cc(Nc2nc(-c3ccnc(N4CCn5c(cc6c5CC(C)(C)C6)C4=O)c3CO)cn(C)c2=O)ccc1N1CCN(C2CCN(c3ccc(Cl)c(C(C)(C)O)c3)[C@@H](C)C2)C[C@@H]1C. The highest BCUT2D eigenvalue weighted by Crippen LogP contribution is 2.41. The fourth-order valence-corrected chi connectivity index (χ4v) is 11.4. The van der Waals surface area contributed by atoms with Crippen LogP contribution in [0.4, 0.5) is 34.4 Å². The summed E-state index contributed by atoms with van der Waals surface area (Å²) in [6, 6.07) is 16.1. The molecule has 0 radical (unpaired) electrons. The topological polar surface area (TPSA) is 164 Å². The standard InChI is InChI=1S/C52H63ClN10O5/c1-9-46(65)56-41-24-34(10-13-43(41)61-19-18-59(28-32(61)3)35-15-17-60(31(2)22-35)36-11-12-40(53)39(25-36)52(6,7)68)55-47-50(67)58(8)29-42(57-47)37-14-16-54-48(38(37)30-64)63-21-20-62-44(49(63)66)23-33-26-51(4,5)27-45(33)62/h9-14,16,23-25,29,31-32,35,64,68H,1,15,17-22,26-28,30H2,2-8H3,(H,55,57)(H,56,65)/t31-,32-,35?/m0/s1. The van der Waals surface area contributed by atoms with Gasteiger partial charge in [0.15, 0.2) is 5.82 Å². The number of nitrogens with one attached hydrogen (secondary N) is 2. The third-order valence-corrected chi connectivity index (χ3v) is 14.7. The molecule has 1 aliphatic carbocycles. The van der Waals surface area contributed by atoms with Gasteiger partial charge in [-0.05, 0) is 119 Å². The van der Waals surface area contributed by atoms with E-state index >= 15 is 0 Å². The molecule has 3 aromatic heterocycles. The summed E-state index contributed by atoms with van der Waals surface area (Å²) in [5.41, 5.74) is 6.95. The van der Waals surface area contributed by atoms with E-state index in [9.17, 15) is 24.6 Å². The normalized spacial score (nSPS) is 20.6. The average molecular weight is 944 g/mol. The molecule has 1 unspecified atom stereocenters. The van der Waals surface area contributed by atoms with Gasteiger partial charge in [0, 0.05) is 116 Å². The highest BCUT2D eigenvalue weighted by Gasteiger charge is 2.38. The summed E-state index contributed by atoms with van der Waals surface area (Å²) >= 11 is 6.48. The summed E-state index contributed by atoms with van der Waals surface area (Å²) in [6.07, 6.45) is 8.30. The van der Waals surface area contributed by atoms with Crippen LogP contribution in [0.15, 0.2) is 78.4 Å². The van der Waals surface area contributed by atoms with Crippen molar-refractivity contribution in [2.75, 3.05) is 58.1 Å². The lowest BCUT2D eigenvalue weighted by molar-refractivity contribution is -0.111. The molecule has 0 spiro atoms. The van der Waals surface area contributed by atoms with E-state index in [4.69, 9.17) is 16.6 Å². The number of halogens is 1. The van der Waals surface area contributed by atoms with Crippen molar-refractivity contribution < 1.29 is 19.8 Å². The van der Waals surface area contributed by atoms with Gasteiger partial charge < -0.3 is 39.8 Å². The zero-order valence-electron chi connectivity index (χ0n) is 40.1. The number of aromatic nitrogens is 4. The van der Waals surface area contributed by atoms with Gasteiger partial charge in [-0.1, -0.05) is 32.0 Å². The molecule has 68 heavy (non-hydrogen) atoms. The molecule has 5 aromatic rings. The number of aliphatic hydroxyl groups is 2. The quantitative estimate of drug-likeness (QED) is 0.0988. The molecule has 4 N–H and O–H groups in total. The van der Waals surface area contributed by atoms with Crippen LogP contribution in [0.1, 0.15) is 87.3 Å². The number of amides is 2. The predicted octanol–water partition coefficient (Wildman–Crippen LogP) is 7.24. The van der Waals surface area contributed by atoms with Crippen molar-refractivity contribution in [1.82, 2.24) is 24.0 Å². The number of rotatable bonds is 11. The molecule has 2 amide bonds. The molecule has 358 valence electrons. The Labute approximate surface area is 403 Å². The number of pyridine rings is 1. The number of carbonyl (C=O) groups is 2. The van der Waals surface area contributed by atoms with Crippen LogP contribution in [-0.2, 0) is 43.4 Å². The summed E-state index contributed by atoms with van der Waals surface area (Å²) in [4.78, 5) is 59.0. The van der Waals surface area contributed by atoms with Gasteiger partial charge >= 0.3 is 0 Å². The van der Waals surface area contributed by atoms with E-state index in [1.54, 1.807) is 50.3 Å². The molecule has 2 saturated heterocycles. The summed E-state index contributed by atoms with van der Waals surface area (Å²) in [6.45, 7) is 20.1. The number of aryl methyl sites for hydroxylation is 1. The molecule has 4 aliphatic rings. The van der Waals surface area contributed by atoms with E-state index in [0.29, 0.717) is 63.9 Å². The molecule has 2 aromatic carbocycles. The number of hydrogen-bond donors (Lipinski definition) is 4. The first kappa shape index (κ1) is 47.1. The third-order valence-electron chi connectivity index (χ3n) is 14.4. The van der Waals surface area contributed by atoms with Crippen LogP contribution in [0.2, 0.25) is 5.02 Å². The molecule has 0 bridgehead atoms. The summed E-state index contributed by atoms with van der Waals surface area (Å²) in [7, 11) is 1.64. The first-order valence-corrected chi connectivity index (χ1v) is 24.1. The maximum atomic E-state index is 14.1. The number of fused-ring (bicyclic) bond motifs is 3. The van der Waals surface area contributed by atoms with E-state index in [-0.39, 0.29) is 40.7 Å². The van der Waals surface area contributed by atoms with E-state index < -0.39 is 12.2 Å². The number of anilines is 6.